The lowest BCUT2D eigenvalue weighted by Gasteiger charge is -2.35. The third-order valence-electron chi connectivity index (χ3n) is 5.55. The Morgan fingerprint density at radius 2 is 1.72 bits per heavy atom. The van der Waals surface area contributed by atoms with E-state index in [4.69, 9.17) is 9.72 Å². The van der Waals surface area contributed by atoms with Gasteiger partial charge in [0, 0.05) is 31.6 Å². The van der Waals surface area contributed by atoms with Gasteiger partial charge in [0.2, 0.25) is 0 Å². The molecule has 1 aliphatic rings. The van der Waals surface area contributed by atoms with Gasteiger partial charge in [-0.05, 0) is 50.1 Å². The van der Waals surface area contributed by atoms with Crippen LogP contribution in [0.3, 0.4) is 0 Å². The number of amides is 1. The fraction of sp³-hybridized carbons (Fsp3) is 0.333. The van der Waals surface area contributed by atoms with E-state index in [-0.39, 0.29) is 12.5 Å². The molecule has 1 amide bonds. The summed E-state index contributed by atoms with van der Waals surface area (Å²) in [6.07, 6.45) is 0. The molecule has 0 N–H and O–H groups in total. The van der Waals surface area contributed by atoms with Crippen LogP contribution >= 0.6 is 0 Å². The van der Waals surface area contributed by atoms with Crippen LogP contribution in [0.1, 0.15) is 16.7 Å². The van der Waals surface area contributed by atoms with Crippen molar-refractivity contribution < 1.29 is 9.53 Å². The monoisotopic (exact) mass is 389 g/mol. The minimum Gasteiger partial charge on any atom is -0.484 e. The SMILES string of the molecule is Cc1ccc(OCC(=O)N2CCN(c3cc(C)c4ccccc4n3)CC2)c(C)c1. The van der Waals surface area contributed by atoms with Crippen LogP contribution in [0, 0.1) is 20.8 Å². The van der Waals surface area contributed by atoms with Gasteiger partial charge in [0.05, 0.1) is 5.52 Å². The molecule has 2 heterocycles. The van der Waals surface area contributed by atoms with Crippen LogP contribution in [0.5, 0.6) is 5.75 Å². The topological polar surface area (TPSA) is 45.7 Å². The average molecular weight is 389 g/mol. The first-order chi connectivity index (χ1) is 14.0. The van der Waals surface area contributed by atoms with Gasteiger partial charge in [0.25, 0.3) is 5.91 Å². The van der Waals surface area contributed by atoms with E-state index in [0.717, 1.165) is 35.7 Å². The van der Waals surface area contributed by atoms with Crippen molar-refractivity contribution in [3.05, 3.63) is 65.2 Å². The molecule has 1 saturated heterocycles. The van der Waals surface area contributed by atoms with Crippen molar-refractivity contribution in [3.63, 3.8) is 0 Å². The molecule has 1 aromatic heterocycles. The summed E-state index contributed by atoms with van der Waals surface area (Å²) in [7, 11) is 0. The van der Waals surface area contributed by atoms with Gasteiger partial charge in [-0.15, -0.1) is 0 Å². The van der Waals surface area contributed by atoms with Crippen molar-refractivity contribution in [2.24, 2.45) is 0 Å². The van der Waals surface area contributed by atoms with E-state index in [1.165, 1.54) is 16.5 Å². The molecular formula is C24H27N3O2. The number of aryl methyl sites for hydroxylation is 3. The minimum atomic E-state index is 0.0345. The number of fused-ring (bicyclic) bond motifs is 1. The highest BCUT2D eigenvalue weighted by molar-refractivity contribution is 5.84. The molecule has 29 heavy (non-hydrogen) atoms. The summed E-state index contributed by atoms with van der Waals surface area (Å²) in [5.41, 5.74) is 4.49. The van der Waals surface area contributed by atoms with Gasteiger partial charge >= 0.3 is 0 Å². The summed E-state index contributed by atoms with van der Waals surface area (Å²) in [5, 5.41) is 1.19. The highest BCUT2D eigenvalue weighted by Gasteiger charge is 2.22. The zero-order valence-electron chi connectivity index (χ0n) is 17.3. The Morgan fingerprint density at radius 1 is 0.966 bits per heavy atom. The third kappa shape index (κ3) is 4.19. The van der Waals surface area contributed by atoms with Gasteiger partial charge in [-0.2, -0.15) is 0 Å². The van der Waals surface area contributed by atoms with Crippen molar-refractivity contribution >= 4 is 22.6 Å². The number of hydrogen-bond donors (Lipinski definition) is 0. The number of piperazine rings is 1. The number of rotatable bonds is 4. The van der Waals surface area contributed by atoms with Crippen molar-refractivity contribution in [2.75, 3.05) is 37.7 Å². The van der Waals surface area contributed by atoms with E-state index < -0.39 is 0 Å². The summed E-state index contributed by atoms with van der Waals surface area (Å²) in [4.78, 5) is 21.5. The van der Waals surface area contributed by atoms with Crippen molar-refractivity contribution in [1.29, 1.82) is 0 Å². The standard InChI is InChI=1S/C24H27N3O2/c1-17-8-9-22(19(3)14-17)29-16-24(28)27-12-10-26(11-13-27)23-15-18(2)20-6-4-5-7-21(20)25-23/h4-9,14-15H,10-13,16H2,1-3H3. The highest BCUT2D eigenvalue weighted by Crippen LogP contribution is 2.23. The number of carbonyl (C=O) groups is 1. The Morgan fingerprint density at radius 3 is 2.48 bits per heavy atom. The second-order valence-corrected chi connectivity index (χ2v) is 7.74. The zero-order valence-corrected chi connectivity index (χ0v) is 17.3. The number of carbonyl (C=O) groups excluding carboxylic acids is 1. The van der Waals surface area contributed by atoms with Gasteiger partial charge in [0.1, 0.15) is 11.6 Å². The largest absolute Gasteiger partial charge is 0.484 e. The number of pyridine rings is 1. The maximum absolute atomic E-state index is 12.6. The van der Waals surface area contributed by atoms with E-state index >= 15 is 0 Å². The first-order valence-corrected chi connectivity index (χ1v) is 10.1. The van der Waals surface area contributed by atoms with E-state index in [0.29, 0.717) is 13.1 Å². The summed E-state index contributed by atoms with van der Waals surface area (Å²) in [5.74, 6) is 1.80. The van der Waals surface area contributed by atoms with E-state index in [1.54, 1.807) is 0 Å². The molecule has 150 valence electrons. The third-order valence-corrected chi connectivity index (χ3v) is 5.55. The number of aromatic nitrogens is 1. The van der Waals surface area contributed by atoms with E-state index in [9.17, 15) is 4.79 Å². The minimum absolute atomic E-state index is 0.0345. The molecule has 0 atom stereocenters. The molecular weight excluding hydrogens is 362 g/mol. The quantitative estimate of drug-likeness (QED) is 0.679. The fourth-order valence-corrected chi connectivity index (χ4v) is 3.87. The lowest BCUT2D eigenvalue weighted by Crippen LogP contribution is -2.50. The second-order valence-electron chi connectivity index (χ2n) is 7.74. The molecule has 0 spiro atoms. The number of ether oxygens (including phenoxy) is 1. The van der Waals surface area contributed by atoms with Crippen molar-refractivity contribution in [1.82, 2.24) is 9.88 Å². The molecule has 0 saturated carbocycles. The summed E-state index contributed by atoms with van der Waals surface area (Å²) < 4.78 is 5.77. The van der Waals surface area contributed by atoms with Crippen LogP contribution in [0.4, 0.5) is 5.82 Å². The molecule has 4 rings (SSSR count). The fourth-order valence-electron chi connectivity index (χ4n) is 3.87. The van der Waals surface area contributed by atoms with Gasteiger partial charge in [-0.1, -0.05) is 35.9 Å². The Bertz CT molecular complexity index is 1040. The smallest absolute Gasteiger partial charge is 0.260 e. The van der Waals surface area contributed by atoms with Crippen LogP contribution < -0.4 is 9.64 Å². The Hall–Kier alpha value is -3.08. The molecule has 0 radical (unpaired) electrons. The first-order valence-electron chi connectivity index (χ1n) is 10.1. The van der Waals surface area contributed by atoms with Crippen LogP contribution in [0.25, 0.3) is 10.9 Å². The van der Waals surface area contributed by atoms with Crippen LogP contribution in [-0.4, -0.2) is 48.6 Å². The summed E-state index contributed by atoms with van der Waals surface area (Å²) in [6.45, 7) is 9.18. The molecule has 5 heteroatoms. The Labute approximate surface area is 171 Å². The van der Waals surface area contributed by atoms with Gasteiger partial charge < -0.3 is 14.5 Å². The van der Waals surface area contributed by atoms with Crippen LogP contribution in [0.2, 0.25) is 0 Å². The van der Waals surface area contributed by atoms with Gasteiger partial charge in [0.15, 0.2) is 6.61 Å². The van der Waals surface area contributed by atoms with Crippen LogP contribution in [0.15, 0.2) is 48.5 Å². The maximum atomic E-state index is 12.6. The van der Waals surface area contributed by atoms with E-state index in [2.05, 4.69) is 36.1 Å². The molecule has 1 aliphatic heterocycles. The van der Waals surface area contributed by atoms with E-state index in [1.807, 2.05) is 43.0 Å². The zero-order chi connectivity index (χ0) is 20.4. The number of benzene rings is 2. The second kappa shape index (κ2) is 8.11. The Kier molecular flexibility index (Phi) is 5.38. The molecule has 0 unspecified atom stereocenters. The van der Waals surface area contributed by atoms with Crippen molar-refractivity contribution in [3.8, 4) is 5.75 Å². The average Bonchev–Trinajstić information content (AvgIpc) is 2.73. The molecule has 0 bridgehead atoms. The maximum Gasteiger partial charge on any atom is 0.260 e. The molecule has 0 aliphatic carbocycles. The summed E-state index contributed by atoms with van der Waals surface area (Å²) in [6, 6.07) is 16.4. The van der Waals surface area contributed by atoms with Gasteiger partial charge in [-0.3, -0.25) is 4.79 Å². The number of hydrogen-bond acceptors (Lipinski definition) is 4. The lowest BCUT2D eigenvalue weighted by atomic mass is 10.1. The molecule has 5 nitrogen and oxygen atoms in total. The summed E-state index contributed by atoms with van der Waals surface area (Å²) >= 11 is 0. The Balaban J connectivity index is 1.36. The molecule has 3 aromatic rings. The first kappa shape index (κ1) is 19.2. The van der Waals surface area contributed by atoms with Crippen LogP contribution in [-0.2, 0) is 4.79 Å². The lowest BCUT2D eigenvalue weighted by molar-refractivity contribution is -0.133. The van der Waals surface area contributed by atoms with Gasteiger partial charge in [-0.25, -0.2) is 4.98 Å². The normalized spacial score (nSPS) is 14.3. The van der Waals surface area contributed by atoms with Crippen molar-refractivity contribution in [2.45, 2.75) is 20.8 Å². The predicted molar refractivity (Wildman–Crippen MR) is 117 cm³/mol. The number of anilines is 1. The molecule has 1 fully saturated rings. The highest BCUT2D eigenvalue weighted by atomic mass is 16.5. The predicted octanol–water partition coefficient (Wildman–Crippen LogP) is 3.89. The number of nitrogens with zero attached hydrogens (tertiary/aromatic N) is 3. The molecule has 2 aromatic carbocycles. The number of para-hydroxylation sites is 1.